The van der Waals surface area contributed by atoms with E-state index in [2.05, 4.69) is 24.0 Å². The van der Waals surface area contributed by atoms with Gasteiger partial charge in [0.2, 0.25) is 0 Å². The third-order valence-corrected chi connectivity index (χ3v) is 1.97. The van der Waals surface area contributed by atoms with Crippen molar-refractivity contribution in [2.75, 3.05) is 0 Å². The molecule has 0 fully saturated rings. The average molecular weight is 221 g/mol. The smallest absolute Gasteiger partial charge is 0.192 e. The second-order valence-electron chi connectivity index (χ2n) is 2.89. The summed E-state index contributed by atoms with van der Waals surface area (Å²) in [5.41, 5.74) is 3.15. The Hall–Kier alpha value is -1.31. The SMILES string of the molecule is CC.CC.CCc1ccc2oc(C)nc2c1. The summed E-state index contributed by atoms with van der Waals surface area (Å²) in [7, 11) is 0. The fourth-order valence-corrected chi connectivity index (χ4v) is 1.31. The molecule has 0 atom stereocenters. The first-order valence-corrected chi connectivity index (χ1v) is 6.15. The maximum absolute atomic E-state index is 5.36. The highest BCUT2D eigenvalue weighted by molar-refractivity contribution is 5.73. The third-order valence-electron chi connectivity index (χ3n) is 1.97. The first-order valence-electron chi connectivity index (χ1n) is 6.15. The number of aryl methyl sites for hydroxylation is 2. The first kappa shape index (κ1) is 14.7. The second-order valence-corrected chi connectivity index (χ2v) is 2.89. The minimum absolute atomic E-state index is 0.734. The van der Waals surface area contributed by atoms with Gasteiger partial charge in [0.1, 0.15) is 5.52 Å². The minimum Gasteiger partial charge on any atom is -0.441 e. The van der Waals surface area contributed by atoms with E-state index in [0.29, 0.717) is 0 Å². The summed E-state index contributed by atoms with van der Waals surface area (Å²) < 4.78 is 5.36. The summed E-state index contributed by atoms with van der Waals surface area (Å²) >= 11 is 0. The minimum atomic E-state index is 0.734. The van der Waals surface area contributed by atoms with Crippen LogP contribution in [-0.2, 0) is 6.42 Å². The predicted octanol–water partition coefficient (Wildman–Crippen LogP) is 4.75. The molecule has 1 heterocycles. The Morgan fingerprint density at radius 2 is 1.75 bits per heavy atom. The van der Waals surface area contributed by atoms with Gasteiger partial charge in [-0.2, -0.15) is 0 Å². The Labute approximate surface area is 98.7 Å². The number of nitrogens with zero attached hydrogens (tertiary/aromatic N) is 1. The van der Waals surface area contributed by atoms with E-state index in [-0.39, 0.29) is 0 Å². The van der Waals surface area contributed by atoms with Gasteiger partial charge in [-0.15, -0.1) is 0 Å². The lowest BCUT2D eigenvalue weighted by atomic mass is 10.1. The normalized spacial score (nSPS) is 8.88. The molecule has 2 rings (SSSR count). The van der Waals surface area contributed by atoms with Crippen LogP contribution in [0, 0.1) is 6.92 Å². The molecule has 0 radical (unpaired) electrons. The van der Waals surface area contributed by atoms with Gasteiger partial charge in [-0.3, -0.25) is 0 Å². The molecule has 0 bridgehead atoms. The molecule has 0 amide bonds. The van der Waals surface area contributed by atoms with Crippen LogP contribution >= 0.6 is 0 Å². The van der Waals surface area contributed by atoms with E-state index >= 15 is 0 Å². The highest BCUT2D eigenvalue weighted by atomic mass is 16.3. The number of rotatable bonds is 1. The van der Waals surface area contributed by atoms with Crippen molar-refractivity contribution in [1.29, 1.82) is 0 Å². The zero-order chi connectivity index (χ0) is 12.6. The van der Waals surface area contributed by atoms with E-state index in [1.165, 1.54) is 5.56 Å². The van der Waals surface area contributed by atoms with Gasteiger partial charge in [-0.25, -0.2) is 4.98 Å². The Morgan fingerprint density at radius 1 is 1.12 bits per heavy atom. The van der Waals surface area contributed by atoms with Crippen LogP contribution in [0.25, 0.3) is 11.1 Å². The number of aromatic nitrogens is 1. The highest BCUT2D eigenvalue weighted by Crippen LogP contribution is 2.16. The molecule has 0 spiro atoms. The molecule has 16 heavy (non-hydrogen) atoms. The Balaban J connectivity index is 0.000000509. The standard InChI is InChI=1S/C10H11NO.2C2H6/c1-3-8-4-5-10-9(6-8)11-7(2)12-10;2*1-2/h4-6H,3H2,1-2H3;2*1-2H3. The van der Waals surface area contributed by atoms with E-state index in [1.807, 2.05) is 40.7 Å². The number of benzene rings is 1. The predicted molar refractivity (Wildman–Crippen MR) is 70.8 cm³/mol. The Bertz CT molecular complexity index is 404. The summed E-state index contributed by atoms with van der Waals surface area (Å²) in [6.07, 6.45) is 1.04. The number of hydrogen-bond acceptors (Lipinski definition) is 2. The van der Waals surface area contributed by atoms with Crippen LogP contribution in [0.5, 0.6) is 0 Å². The number of fused-ring (bicyclic) bond motifs is 1. The average Bonchev–Trinajstić information content (AvgIpc) is 2.73. The summed E-state index contributed by atoms with van der Waals surface area (Å²) in [6.45, 7) is 12.0. The van der Waals surface area contributed by atoms with E-state index in [9.17, 15) is 0 Å². The van der Waals surface area contributed by atoms with Crippen molar-refractivity contribution >= 4 is 11.1 Å². The molecule has 2 heteroatoms. The van der Waals surface area contributed by atoms with Crippen molar-refractivity contribution in [2.45, 2.75) is 48.0 Å². The van der Waals surface area contributed by atoms with Crippen molar-refractivity contribution in [1.82, 2.24) is 4.98 Å². The lowest BCUT2D eigenvalue weighted by molar-refractivity contribution is 0.561. The van der Waals surface area contributed by atoms with Crippen LogP contribution in [0.15, 0.2) is 22.6 Å². The van der Waals surface area contributed by atoms with Crippen LogP contribution in [0.3, 0.4) is 0 Å². The monoisotopic (exact) mass is 221 g/mol. The quantitative estimate of drug-likeness (QED) is 0.694. The summed E-state index contributed by atoms with van der Waals surface area (Å²) in [6, 6.07) is 6.13. The van der Waals surface area contributed by atoms with Crippen LogP contribution < -0.4 is 0 Å². The largest absolute Gasteiger partial charge is 0.441 e. The molecule has 2 aromatic rings. The van der Waals surface area contributed by atoms with Crippen molar-refractivity contribution in [3.05, 3.63) is 29.7 Å². The molecule has 1 aromatic heterocycles. The van der Waals surface area contributed by atoms with Gasteiger partial charge in [-0.05, 0) is 24.1 Å². The van der Waals surface area contributed by atoms with Crippen LogP contribution in [-0.4, -0.2) is 4.98 Å². The van der Waals surface area contributed by atoms with Crippen molar-refractivity contribution in [3.63, 3.8) is 0 Å². The van der Waals surface area contributed by atoms with Crippen LogP contribution in [0.1, 0.15) is 46.1 Å². The van der Waals surface area contributed by atoms with Crippen LogP contribution in [0.2, 0.25) is 0 Å². The zero-order valence-electron chi connectivity index (χ0n) is 11.3. The molecular weight excluding hydrogens is 198 g/mol. The van der Waals surface area contributed by atoms with E-state index in [1.54, 1.807) is 0 Å². The summed E-state index contributed by atoms with van der Waals surface area (Å²) in [4.78, 5) is 4.26. The van der Waals surface area contributed by atoms with Gasteiger partial charge in [0.15, 0.2) is 11.5 Å². The lowest BCUT2D eigenvalue weighted by Gasteiger charge is -1.92. The van der Waals surface area contributed by atoms with Crippen LogP contribution in [0.4, 0.5) is 0 Å². The molecule has 90 valence electrons. The van der Waals surface area contributed by atoms with Gasteiger partial charge in [0.25, 0.3) is 0 Å². The molecule has 0 aliphatic rings. The van der Waals surface area contributed by atoms with E-state index < -0.39 is 0 Å². The van der Waals surface area contributed by atoms with E-state index in [0.717, 1.165) is 23.4 Å². The van der Waals surface area contributed by atoms with Gasteiger partial charge in [0, 0.05) is 6.92 Å². The van der Waals surface area contributed by atoms with Gasteiger partial charge >= 0.3 is 0 Å². The number of oxazole rings is 1. The highest BCUT2D eigenvalue weighted by Gasteiger charge is 2.01. The van der Waals surface area contributed by atoms with Gasteiger partial charge < -0.3 is 4.42 Å². The van der Waals surface area contributed by atoms with Gasteiger partial charge in [0.05, 0.1) is 0 Å². The molecule has 0 aliphatic carbocycles. The maximum Gasteiger partial charge on any atom is 0.192 e. The zero-order valence-corrected chi connectivity index (χ0v) is 11.3. The Kier molecular flexibility index (Phi) is 7.27. The third kappa shape index (κ3) is 3.69. The topological polar surface area (TPSA) is 26.0 Å². The Morgan fingerprint density at radius 3 is 2.31 bits per heavy atom. The molecule has 0 aliphatic heterocycles. The second kappa shape index (κ2) is 7.91. The molecule has 0 saturated heterocycles. The molecule has 0 N–H and O–H groups in total. The molecule has 0 saturated carbocycles. The number of hydrogen-bond donors (Lipinski definition) is 0. The van der Waals surface area contributed by atoms with Gasteiger partial charge in [-0.1, -0.05) is 40.7 Å². The lowest BCUT2D eigenvalue weighted by Crippen LogP contribution is -1.78. The fraction of sp³-hybridized carbons (Fsp3) is 0.500. The maximum atomic E-state index is 5.36. The van der Waals surface area contributed by atoms with Crippen molar-refractivity contribution in [3.8, 4) is 0 Å². The molecule has 1 aromatic carbocycles. The molecule has 0 unspecified atom stereocenters. The van der Waals surface area contributed by atoms with Crippen molar-refractivity contribution < 1.29 is 4.42 Å². The molecular formula is C14H23NO. The summed E-state index contributed by atoms with van der Waals surface area (Å²) in [5, 5.41) is 0. The van der Waals surface area contributed by atoms with Crippen molar-refractivity contribution in [2.24, 2.45) is 0 Å². The molecule has 2 nitrogen and oxygen atoms in total. The summed E-state index contributed by atoms with van der Waals surface area (Å²) in [5.74, 6) is 0.734. The van der Waals surface area contributed by atoms with E-state index in [4.69, 9.17) is 4.42 Å². The fourth-order valence-electron chi connectivity index (χ4n) is 1.31. The first-order chi connectivity index (χ1) is 7.79.